The van der Waals surface area contributed by atoms with Gasteiger partial charge in [0.2, 0.25) is 0 Å². The summed E-state index contributed by atoms with van der Waals surface area (Å²) in [6.07, 6.45) is 2.88. The number of aliphatic hydroxyl groups is 1. The number of unbranched alkanes of at least 4 members (excludes halogenated alkanes) is 7. The SMILES string of the molecule is CN(CCCCCCCCC(F)(F)C(F)(F)F)CCCCCC1Cc2cc(O)ccc2C2C1C1CC[C@H](O)C1(C)C[C@@H]2F. The fourth-order valence-electron chi connectivity index (χ4n) is 8.69. The van der Waals surface area contributed by atoms with Crippen molar-refractivity contribution in [2.75, 3.05) is 20.1 Å². The molecule has 1 aromatic rings. The van der Waals surface area contributed by atoms with Gasteiger partial charge in [-0.1, -0.05) is 51.5 Å². The molecule has 0 aromatic heterocycles. The molecule has 246 valence electrons. The van der Waals surface area contributed by atoms with Crippen molar-refractivity contribution in [2.45, 2.75) is 134 Å². The van der Waals surface area contributed by atoms with E-state index in [0.717, 1.165) is 88.4 Å². The van der Waals surface area contributed by atoms with E-state index in [4.69, 9.17) is 0 Å². The van der Waals surface area contributed by atoms with Crippen molar-refractivity contribution in [1.82, 2.24) is 4.90 Å². The van der Waals surface area contributed by atoms with E-state index in [9.17, 15) is 32.2 Å². The van der Waals surface area contributed by atoms with Gasteiger partial charge in [0.15, 0.2) is 0 Å². The third-order valence-electron chi connectivity index (χ3n) is 11.1. The highest BCUT2D eigenvalue weighted by atomic mass is 19.4. The van der Waals surface area contributed by atoms with Crippen LogP contribution in [0, 0.1) is 23.2 Å². The van der Waals surface area contributed by atoms with Gasteiger partial charge in [-0.3, -0.25) is 0 Å². The van der Waals surface area contributed by atoms with Crippen molar-refractivity contribution >= 4 is 0 Å². The molecule has 0 amide bonds. The Morgan fingerprint density at radius 2 is 1.53 bits per heavy atom. The van der Waals surface area contributed by atoms with Crippen molar-refractivity contribution in [1.29, 1.82) is 0 Å². The van der Waals surface area contributed by atoms with Gasteiger partial charge in [-0.15, -0.1) is 0 Å². The molecule has 2 saturated carbocycles. The Hall–Kier alpha value is -1.48. The van der Waals surface area contributed by atoms with Crippen LogP contribution < -0.4 is 0 Å². The monoisotopic (exact) mass is 619 g/mol. The molecule has 2 N–H and O–H groups in total. The van der Waals surface area contributed by atoms with Crippen LogP contribution >= 0.6 is 0 Å². The van der Waals surface area contributed by atoms with E-state index >= 15 is 4.39 Å². The van der Waals surface area contributed by atoms with E-state index in [-0.39, 0.29) is 29.4 Å². The maximum atomic E-state index is 15.9. The lowest BCUT2D eigenvalue weighted by Crippen LogP contribution is -2.51. The summed E-state index contributed by atoms with van der Waals surface area (Å²) in [7, 11) is 2.09. The molecule has 0 spiro atoms. The molecule has 3 aliphatic rings. The van der Waals surface area contributed by atoms with E-state index in [1.807, 2.05) is 12.1 Å². The van der Waals surface area contributed by atoms with E-state index in [2.05, 4.69) is 18.9 Å². The zero-order valence-corrected chi connectivity index (χ0v) is 25.8. The minimum absolute atomic E-state index is 0.111. The smallest absolute Gasteiger partial charge is 0.453 e. The molecule has 0 heterocycles. The average molecular weight is 620 g/mol. The zero-order chi connectivity index (χ0) is 31.4. The Bertz CT molecular complexity index is 1030. The van der Waals surface area contributed by atoms with Gasteiger partial charge in [0.25, 0.3) is 0 Å². The van der Waals surface area contributed by atoms with E-state index in [1.54, 1.807) is 6.07 Å². The Morgan fingerprint density at radius 1 is 0.907 bits per heavy atom. The number of rotatable bonds is 15. The van der Waals surface area contributed by atoms with Crippen LogP contribution in [0.2, 0.25) is 0 Å². The topological polar surface area (TPSA) is 43.7 Å². The Kier molecular flexibility index (Phi) is 11.4. The largest absolute Gasteiger partial charge is 0.508 e. The van der Waals surface area contributed by atoms with Crippen LogP contribution in [0.25, 0.3) is 0 Å². The van der Waals surface area contributed by atoms with Crippen LogP contribution in [0.4, 0.5) is 26.3 Å². The first-order chi connectivity index (χ1) is 20.2. The molecule has 9 heteroatoms. The number of hydrogen-bond donors (Lipinski definition) is 2. The summed E-state index contributed by atoms with van der Waals surface area (Å²) in [5, 5.41) is 21.0. The molecule has 0 bridgehead atoms. The number of fused-ring (bicyclic) bond motifs is 5. The van der Waals surface area contributed by atoms with Crippen LogP contribution in [-0.2, 0) is 6.42 Å². The van der Waals surface area contributed by atoms with Gasteiger partial charge in [0.1, 0.15) is 11.9 Å². The van der Waals surface area contributed by atoms with Crippen LogP contribution in [0.3, 0.4) is 0 Å². The van der Waals surface area contributed by atoms with Gasteiger partial charge < -0.3 is 15.1 Å². The normalized spacial score (nSPS) is 30.7. The number of phenols is 1. The molecule has 4 rings (SSSR count). The molecule has 2 fully saturated rings. The number of benzene rings is 1. The standard InChI is InChI=1S/C34H51F6NO2/c1-32-22-28(35)31-26-14-13-25(42)21-24(26)20-23(30(31)27(32)15-16-29(32)43)12-8-7-11-19-41(2)18-10-6-4-3-5-9-17-33(36,37)34(38,39)40/h13-14,21,23,27-31,42-43H,3-12,15-20,22H2,1-2H3/t23?,27?,28-,29-,30?,31?,32?/m0/s1. The Balaban J connectivity index is 1.16. The Labute approximate surface area is 253 Å². The molecular formula is C34H51F6NO2. The fraction of sp³-hybridized carbons (Fsp3) is 0.824. The third-order valence-corrected chi connectivity index (χ3v) is 11.1. The quantitative estimate of drug-likeness (QED) is 0.152. The van der Waals surface area contributed by atoms with Gasteiger partial charge in [-0.2, -0.15) is 22.0 Å². The molecule has 3 aliphatic carbocycles. The number of aromatic hydroxyl groups is 1. The van der Waals surface area contributed by atoms with E-state index < -0.39 is 30.8 Å². The first-order valence-corrected chi connectivity index (χ1v) is 16.5. The number of hydrogen-bond acceptors (Lipinski definition) is 3. The summed E-state index contributed by atoms with van der Waals surface area (Å²) in [4.78, 5) is 2.29. The number of alkyl halides is 6. The highest BCUT2D eigenvalue weighted by Crippen LogP contribution is 2.63. The van der Waals surface area contributed by atoms with Crippen molar-refractivity contribution in [2.24, 2.45) is 23.2 Å². The van der Waals surface area contributed by atoms with Crippen LogP contribution in [-0.4, -0.2) is 59.6 Å². The Morgan fingerprint density at radius 3 is 2.21 bits per heavy atom. The van der Waals surface area contributed by atoms with Gasteiger partial charge in [0, 0.05) is 12.3 Å². The van der Waals surface area contributed by atoms with Gasteiger partial charge >= 0.3 is 12.1 Å². The molecule has 1 aromatic carbocycles. The number of aliphatic hydroxyl groups excluding tert-OH is 1. The van der Waals surface area contributed by atoms with Gasteiger partial charge in [0.05, 0.1) is 6.10 Å². The second-order valence-corrected chi connectivity index (χ2v) is 14.1. The molecule has 43 heavy (non-hydrogen) atoms. The number of halogens is 6. The summed E-state index contributed by atoms with van der Waals surface area (Å²) < 4.78 is 78.5. The summed E-state index contributed by atoms with van der Waals surface area (Å²) >= 11 is 0. The first kappa shape index (κ1) is 34.4. The molecule has 5 unspecified atom stereocenters. The zero-order valence-electron chi connectivity index (χ0n) is 25.8. The van der Waals surface area contributed by atoms with Crippen molar-refractivity contribution in [3.8, 4) is 5.75 Å². The molecule has 0 aliphatic heterocycles. The lowest BCUT2D eigenvalue weighted by molar-refractivity contribution is -0.284. The van der Waals surface area contributed by atoms with E-state index in [0.29, 0.717) is 31.1 Å². The summed E-state index contributed by atoms with van der Waals surface area (Å²) in [6.45, 7) is 4.00. The third kappa shape index (κ3) is 8.03. The van der Waals surface area contributed by atoms with E-state index in [1.165, 1.54) is 0 Å². The molecular weight excluding hydrogens is 568 g/mol. The second-order valence-electron chi connectivity index (χ2n) is 14.1. The second kappa shape index (κ2) is 14.3. The lowest BCUT2D eigenvalue weighted by Gasteiger charge is -2.54. The summed E-state index contributed by atoms with van der Waals surface area (Å²) in [6, 6.07) is 5.43. The predicted molar refractivity (Wildman–Crippen MR) is 157 cm³/mol. The van der Waals surface area contributed by atoms with Crippen molar-refractivity contribution in [3.63, 3.8) is 0 Å². The average Bonchev–Trinajstić information content (AvgIpc) is 3.22. The highest BCUT2D eigenvalue weighted by Gasteiger charge is 2.60. The molecule has 0 radical (unpaired) electrons. The number of nitrogens with zero attached hydrogens (tertiary/aromatic N) is 1. The van der Waals surface area contributed by atoms with Crippen molar-refractivity contribution < 1.29 is 36.6 Å². The van der Waals surface area contributed by atoms with Crippen LogP contribution in [0.15, 0.2) is 18.2 Å². The predicted octanol–water partition coefficient (Wildman–Crippen LogP) is 9.20. The molecule has 3 nitrogen and oxygen atoms in total. The highest BCUT2D eigenvalue weighted by molar-refractivity contribution is 5.41. The summed E-state index contributed by atoms with van der Waals surface area (Å²) in [5.74, 6) is -3.64. The minimum Gasteiger partial charge on any atom is -0.508 e. The first-order valence-electron chi connectivity index (χ1n) is 16.5. The maximum absolute atomic E-state index is 15.9. The van der Waals surface area contributed by atoms with Crippen LogP contribution in [0.1, 0.15) is 114 Å². The van der Waals surface area contributed by atoms with Gasteiger partial charge in [-0.25, -0.2) is 4.39 Å². The fourth-order valence-corrected chi connectivity index (χ4v) is 8.69. The molecule has 7 atom stereocenters. The molecule has 0 saturated heterocycles. The lowest BCUT2D eigenvalue weighted by atomic mass is 9.51. The maximum Gasteiger partial charge on any atom is 0.453 e. The van der Waals surface area contributed by atoms with Crippen LogP contribution in [0.5, 0.6) is 5.75 Å². The summed E-state index contributed by atoms with van der Waals surface area (Å²) in [5.41, 5.74) is 1.77. The number of phenolic OH excluding ortho intramolecular Hbond substituents is 1. The minimum atomic E-state index is -5.45. The van der Waals surface area contributed by atoms with Gasteiger partial charge in [-0.05, 0) is 118 Å². The van der Waals surface area contributed by atoms with Crippen molar-refractivity contribution in [3.05, 3.63) is 29.3 Å².